The number of fused-ring (bicyclic) bond motifs is 3. The Balaban J connectivity index is 1.61. The number of aromatic nitrogens is 2. The van der Waals surface area contributed by atoms with Crippen LogP contribution in [-0.2, 0) is 5.60 Å². The summed E-state index contributed by atoms with van der Waals surface area (Å²) in [6, 6.07) is 16.5. The predicted molar refractivity (Wildman–Crippen MR) is 120 cm³/mol. The zero-order valence-corrected chi connectivity index (χ0v) is 17.9. The van der Waals surface area contributed by atoms with Crippen LogP contribution in [0.15, 0.2) is 60.7 Å². The number of nitrogens with one attached hydrogen (secondary N) is 1. The number of non-ortho nitro benzene ring substituents is 1. The number of nitro benzene ring substituents is 1. The van der Waals surface area contributed by atoms with Crippen LogP contribution in [0.25, 0.3) is 33.8 Å². The van der Waals surface area contributed by atoms with Gasteiger partial charge in [-0.3, -0.25) is 10.1 Å². The van der Waals surface area contributed by atoms with Crippen LogP contribution in [0.1, 0.15) is 19.5 Å². The first-order valence-corrected chi connectivity index (χ1v) is 10.3. The number of rotatable bonds is 3. The molecule has 0 saturated carbocycles. The third-order valence-corrected chi connectivity index (χ3v) is 5.83. The van der Waals surface area contributed by atoms with Crippen molar-refractivity contribution in [1.29, 1.82) is 0 Å². The molecule has 1 aromatic heterocycles. The molecule has 6 nitrogen and oxygen atoms in total. The van der Waals surface area contributed by atoms with Gasteiger partial charge in [0.1, 0.15) is 23.0 Å². The molecule has 1 aliphatic heterocycles. The van der Waals surface area contributed by atoms with E-state index >= 15 is 0 Å². The number of H-pyrrole nitrogens is 1. The van der Waals surface area contributed by atoms with Gasteiger partial charge in [-0.15, -0.1) is 0 Å². The van der Waals surface area contributed by atoms with E-state index in [4.69, 9.17) is 16.3 Å². The topological polar surface area (TPSA) is 81.1 Å². The van der Waals surface area contributed by atoms with Crippen molar-refractivity contribution in [2.75, 3.05) is 0 Å². The van der Waals surface area contributed by atoms with E-state index in [1.54, 1.807) is 24.3 Å². The van der Waals surface area contributed by atoms with Crippen LogP contribution >= 0.6 is 11.6 Å². The lowest BCUT2D eigenvalue weighted by Gasteiger charge is -2.32. The van der Waals surface area contributed by atoms with Gasteiger partial charge in [-0.1, -0.05) is 23.7 Å². The average Bonchev–Trinajstić information content (AvgIpc) is 3.19. The minimum absolute atomic E-state index is 0.0320. The zero-order chi connectivity index (χ0) is 22.6. The van der Waals surface area contributed by atoms with Crippen LogP contribution in [0.4, 0.5) is 10.1 Å². The largest absolute Gasteiger partial charge is 0.481 e. The van der Waals surface area contributed by atoms with Crippen molar-refractivity contribution in [3.63, 3.8) is 0 Å². The van der Waals surface area contributed by atoms with E-state index < -0.39 is 16.3 Å². The van der Waals surface area contributed by atoms with Crippen molar-refractivity contribution in [2.45, 2.75) is 19.4 Å². The second-order valence-corrected chi connectivity index (χ2v) is 8.44. The third kappa shape index (κ3) is 3.22. The number of ether oxygens (including phenoxy) is 1. The molecule has 5 rings (SSSR count). The van der Waals surface area contributed by atoms with E-state index in [0.29, 0.717) is 17.3 Å². The Labute approximate surface area is 187 Å². The van der Waals surface area contributed by atoms with Crippen LogP contribution in [0, 0.1) is 15.9 Å². The molecule has 0 amide bonds. The summed E-state index contributed by atoms with van der Waals surface area (Å²) in [6.07, 6.45) is 0. The van der Waals surface area contributed by atoms with Crippen molar-refractivity contribution < 1.29 is 14.1 Å². The Morgan fingerprint density at radius 3 is 2.50 bits per heavy atom. The summed E-state index contributed by atoms with van der Waals surface area (Å²) in [5.41, 5.74) is 3.33. The van der Waals surface area contributed by atoms with Gasteiger partial charge in [-0.2, -0.15) is 0 Å². The first-order chi connectivity index (χ1) is 15.2. The quantitative estimate of drug-likeness (QED) is 0.277. The summed E-state index contributed by atoms with van der Waals surface area (Å²) >= 11 is 6.24. The normalized spacial score (nSPS) is 13.8. The van der Waals surface area contributed by atoms with Crippen molar-refractivity contribution in [2.24, 2.45) is 0 Å². The first kappa shape index (κ1) is 20.2. The highest BCUT2D eigenvalue weighted by Crippen LogP contribution is 2.46. The van der Waals surface area contributed by atoms with E-state index in [1.807, 2.05) is 32.0 Å². The maximum atomic E-state index is 14.5. The van der Waals surface area contributed by atoms with Crippen LogP contribution in [0.2, 0.25) is 5.02 Å². The summed E-state index contributed by atoms with van der Waals surface area (Å²) in [6.45, 7) is 3.80. The maximum Gasteiger partial charge on any atom is 0.269 e. The van der Waals surface area contributed by atoms with Gasteiger partial charge in [0.15, 0.2) is 0 Å². The van der Waals surface area contributed by atoms with Gasteiger partial charge in [0.2, 0.25) is 0 Å². The van der Waals surface area contributed by atoms with Crippen LogP contribution in [0.5, 0.6) is 5.75 Å². The maximum absolute atomic E-state index is 14.5. The number of aromatic amines is 1. The van der Waals surface area contributed by atoms with E-state index in [2.05, 4.69) is 9.97 Å². The average molecular weight is 450 g/mol. The van der Waals surface area contributed by atoms with E-state index in [0.717, 1.165) is 22.4 Å². The van der Waals surface area contributed by atoms with E-state index in [9.17, 15) is 14.5 Å². The molecule has 1 aliphatic rings. The minimum atomic E-state index is -0.751. The standard InChI is InChI=1S/C24H17ClFN3O3/c1-24(2)22-21(27-23(28-22)20-17(25)4-3-5-18(20)26)16-11-8-14(12-19(16)32-24)13-6-9-15(10-7-13)29(30)31/h3-12H,1-2H3,(H,27,28). The van der Waals surface area contributed by atoms with Crippen molar-refractivity contribution in [3.8, 4) is 39.5 Å². The Morgan fingerprint density at radius 1 is 1.09 bits per heavy atom. The van der Waals surface area contributed by atoms with Gasteiger partial charge in [0.05, 0.1) is 26.9 Å². The van der Waals surface area contributed by atoms with E-state index in [1.165, 1.54) is 18.2 Å². The Morgan fingerprint density at radius 2 is 1.81 bits per heavy atom. The molecule has 0 fully saturated rings. The molecule has 4 aromatic rings. The molecule has 32 heavy (non-hydrogen) atoms. The molecule has 0 atom stereocenters. The summed E-state index contributed by atoms with van der Waals surface area (Å²) in [4.78, 5) is 18.4. The highest BCUT2D eigenvalue weighted by atomic mass is 35.5. The zero-order valence-electron chi connectivity index (χ0n) is 17.1. The lowest BCUT2D eigenvalue weighted by atomic mass is 9.93. The molecule has 0 saturated heterocycles. The summed E-state index contributed by atoms with van der Waals surface area (Å²) in [5, 5.41) is 11.2. The molecular formula is C24H17ClFN3O3. The first-order valence-electron chi connectivity index (χ1n) is 9.88. The molecule has 0 unspecified atom stereocenters. The molecule has 160 valence electrons. The fourth-order valence-corrected chi connectivity index (χ4v) is 4.18. The smallest absolute Gasteiger partial charge is 0.269 e. The monoisotopic (exact) mass is 449 g/mol. The second-order valence-electron chi connectivity index (χ2n) is 8.03. The van der Waals surface area contributed by atoms with Crippen molar-refractivity contribution >= 4 is 17.3 Å². The fraction of sp³-hybridized carbons (Fsp3) is 0.125. The second kappa shape index (κ2) is 7.17. The molecule has 0 bridgehead atoms. The molecule has 2 heterocycles. The van der Waals surface area contributed by atoms with Crippen LogP contribution in [0.3, 0.4) is 0 Å². The van der Waals surface area contributed by atoms with Gasteiger partial charge in [0.25, 0.3) is 5.69 Å². The number of halogens is 2. The number of hydrogen-bond acceptors (Lipinski definition) is 4. The van der Waals surface area contributed by atoms with Gasteiger partial charge < -0.3 is 9.72 Å². The Kier molecular flexibility index (Phi) is 4.53. The molecule has 0 spiro atoms. The van der Waals surface area contributed by atoms with Gasteiger partial charge >= 0.3 is 0 Å². The van der Waals surface area contributed by atoms with Crippen LogP contribution in [-0.4, -0.2) is 14.9 Å². The fourth-order valence-electron chi connectivity index (χ4n) is 3.93. The van der Waals surface area contributed by atoms with Gasteiger partial charge in [-0.05, 0) is 61.4 Å². The molecule has 1 N–H and O–H groups in total. The molecule has 8 heteroatoms. The molecular weight excluding hydrogens is 433 g/mol. The van der Waals surface area contributed by atoms with Crippen molar-refractivity contribution in [3.05, 3.63) is 87.3 Å². The number of imidazole rings is 1. The van der Waals surface area contributed by atoms with Crippen LogP contribution < -0.4 is 4.74 Å². The summed E-state index contributed by atoms with van der Waals surface area (Å²) in [5.74, 6) is 0.495. The lowest BCUT2D eigenvalue weighted by Crippen LogP contribution is -2.29. The molecule has 3 aromatic carbocycles. The number of benzene rings is 3. The summed E-state index contributed by atoms with van der Waals surface area (Å²) in [7, 11) is 0. The molecule has 0 radical (unpaired) electrons. The summed E-state index contributed by atoms with van der Waals surface area (Å²) < 4.78 is 20.8. The van der Waals surface area contributed by atoms with E-state index in [-0.39, 0.29) is 16.3 Å². The number of hydrogen-bond donors (Lipinski definition) is 1. The highest BCUT2D eigenvalue weighted by Gasteiger charge is 2.36. The minimum Gasteiger partial charge on any atom is -0.481 e. The SMILES string of the molecule is CC1(C)Oc2cc(-c3ccc([N+](=O)[O-])cc3)ccc2-c2nc(-c3c(F)cccc3Cl)[nH]c21. The number of nitro groups is 1. The predicted octanol–water partition coefficient (Wildman–Crippen LogP) is 6.74. The van der Waals surface area contributed by atoms with Gasteiger partial charge in [-0.25, -0.2) is 9.37 Å². The lowest BCUT2D eigenvalue weighted by molar-refractivity contribution is -0.384. The van der Waals surface area contributed by atoms with Crippen molar-refractivity contribution in [1.82, 2.24) is 9.97 Å². The third-order valence-electron chi connectivity index (χ3n) is 5.52. The Bertz CT molecular complexity index is 1360. The number of nitrogens with zero attached hydrogens (tertiary/aromatic N) is 2. The molecule has 0 aliphatic carbocycles. The Hall–Kier alpha value is -3.71. The highest BCUT2D eigenvalue weighted by molar-refractivity contribution is 6.33. The van der Waals surface area contributed by atoms with Gasteiger partial charge in [0, 0.05) is 17.7 Å².